The van der Waals surface area contributed by atoms with Crippen molar-refractivity contribution in [3.63, 3.8) is 0 Å². The first-order valence-electron chi connectivity index (χ1n) is 3.94. The highest BCUT2D eigenvalue weighted by Crippen LogP contribution is 2.23. The summed E-state index contributed by atoms with van der Waals surface area (Å²) in [5, 5.41) is 0. The van der Waals surface area contributed by atoms with Crippen LogP contribution in [0.1, 0.15) is 27.2 Å². The predicted octanol–water partition coefficient (Wildman–Crippen LogP) is 3.77. The minimum atomic E-state index is -0.0923. The number of hydrogen-bond acceptors (Lipinski definition) is 0. The second-order valence-electron chi connectivity index (χ2n) is 3.52. The largest absolute Gasteiger partial charge is 0.120 e. The Hall–Kier alpha value is -0.230. The lowest BCUT2D eigenvalue weighted by Gasteiger charge is -2.18. The Morgan fingerprint density at radius 3 is 2.45 bits per heavy atom. The molecule has 0 bridgehead atoms. The van der Waals surface area contributed by atoms with E-state index in [1.807, 2.05) is 19.9 Å². The molecule has 0 amide bonds. The van der Waals surface area contributed by atoms with Gasteiger partial charge in [-0.2, -0.15) is 0 Å². The molecule has 0 fully saturated rings. The summed E-state index contributed by atoms with van der Waals surface area (Å²) in [7, 11) is 0. The van der Waals surface area contributed by atoms with E-state index in [1.54, 1.807) is 6.08 Å². The predicted molar refractivity (Wildman–Crippen MR) is 53.1 cm³/mol. The Kier molecular flexibility index (Phi) is 4.51. The molecule has 0 rings (SSSR count). The van der Waals surface area contributed by atoms with Gasteiger partial charge in [-0.25, -0.2) is 0 Å². The Balaban J connectivity index is 3.78. The highest BCUT2D eigenvalue weighted by molar-refractivity contribution is 6.23. The first-order valence-corrected chi connectivity index (χ1v) is 4.31. The molecular weight excluding hydrogens is 156 g/mol. The molecule has 64 valence electrons. The van der Waals surface area contributed by atoms with Gasteiger partial charge in [0, 0.05) is 4.87 Å². The van der Waals surface area contributed by atoms with Crippen molar-refractivity contribution >= 4 is 11.6 Å². The molecule has 0 aromatic carbocycles. The third kappa shape index (κ3) is 7.67. The summed E-state index contributed by atoms with van der Waals surface area (Å²) in [4.78, 5) is -0.0923. The molecule has 1 atom stereocenters. The lowest BCUT2D eigenvalue weighted by Crippen LogP contribution is -2.13. The summed E-state index contributed by atoms with van der Waals surface area (Å²) in [6, 6.07) is 0. The summed E-state index contributed by atoms with van der Waals surface area (Å²) in [6.07, 6.45) is 6.88. The zero-order chi connectivity index (χ0) is 8.91. The molecule has 0 aliphatic carbocycles. The van der Waals surface area contributed by atoms with Crippen molar-refractivity contribution in [2.24, 2.45) is 5.92 Å². The third-order valence-electron chi connectivity index (χ3n) is 1.38. The molecule has 0 heterocycles. The van der Waals surface area contributed by atoms with E-state index in [-0.39, 0.29) is 4.87 Å². The highest BCUT2D eigenvalue weighted by atomic mass is 35.5. The normalized spacial score (nSPS) is 15.3. The lowest BCUT2D eigenvalue weighted by atomic mass is 9.98. The van der Waals surface area contributed by atoms with Crippen molar-refractivity contribution in [3.05, 3.63) is 24.8 Å². The first kappa shape index (κ1) is 10.8. The molecule has 1 unspecified atom stereocenters. The highest BCUT2D eigenvalue weighted by Gasteiger charge is 2.15. The van der Waals surface area contributed by atoms with Gasteiger partial charge in [0.15, 0.2) is 0 Å². The zero-order valence-electron chi connectivity index (χ0n) is 7.60. The summed E-state index contributed by atoms with van der Waals surface area (Å²) in [5.41, 5.74) is 0. The van der Waals surface area contributed by atoms with E-state index in [9.17, 15) is 0 Å². The van der Waals surface area contributed by atoms with Crippen LogP contribution in [0.4, 0.5) is 0 Å². The average molecular weight is 173 g/mol. The molecular formula is C10H17Cl. The minimum Gasteiger partial charge on any atom is -0.120 e. The van der Waals surface area contributed by atoms with Crippen molar-refractivity contribution in [1.82, 2.24) is 0 Å². The molecule has 0 radical (unpaired) electrons. The van der Waals surface area contributed by atoms with Crippen LogP contribution in [0.15, 0.2) is 24.8 Å². The van der Waals surface area contributed by atoms with Gasteiger partial charge >= 0.3 is 0 Å². The maximum absolute atomic E-state index is 6.05. The van der Waals surface area contributed by atoms with Gasteiger partial charge in [0.1, 0.15) is 0 Å². The molecule has 0 aromatic heterocycles. The number of halogens is 1. The van der Waals surface area contributed by atoms with E-state index in [1.165, 1.54) is 0 Å². The van der Waals surface area contributed by atoms with Gasteiger partial charge < -0.3 is 0 Å². The topological polar surface area (TPSA) is 0 Å². The van der Waals surface area contributed by atoms with Gasteiger partial charge in [-0.3, -0.25) is 0 Å². The van der Waals surface area contributed by atoms with Crippen LogP contribution >= 0.6 is 11.6 Å². The van der Waals surface area contributed by atoms with E-state index >= 15 is 0 Å². The quantitative estimate of drug-likeness (QED) is 0.448. The van der Waals surface area contributed by atoms with Crippen molar-refractivity contribution in [2.75, 3.05) is 0 Å². The summed E-state index contributed by atoms with van der Waals surface area (Å²) in [5.74, 6) is 0.528. The van der Waals surface area contributed by atoms with Crippen LogP contribution in [0.2, 0.25) is 0 Å². The lowest BCUT2D eigenvalue weighted by molar-refractivity contribution is 0.534. The van der Waals surface area contributed by atoms with Crippen LogP contribution < -0.4 is 0 Å². The molecule has 0 nitrogen and oxygen atoms in total. The van der Waals surface area contributed by atoms with Crippen LogP contribution in [-0.4, -0.2) is 4.87 Å². The van der Waals surface area contributed by atoms with E-state index in [2.05, 4.69) is 19.6 Å². The fourth-order valence-corrected chi connectivity index (χ4v) is 1.35. The number of hydrogen-bond donors (Lipinski definition) is 0. The summed E-state index contributed by atoms with van der Waals surface area (Å²) < 4.78 is 0. The Morgan fingerprint density at radius 2 is 2.09 bits per heavy atom. The average Bonchev–Trinajstić information content (AvgIpc) is 1.79. The Morgan fingerprint density at radius 1 is 1.55 bits per heavy atom. The fraction of sp³-hybridized carbons (Fsp3) is 0.600. The van der Waals surface area contributed by atoms with E-state index in [0.717, 1.165) is 6.42 Å². The van der Waals surface area contributed by atoms with Gasteiger partial charge in [-0.05, 0) is 26.2 Å². The zero-order valence-corrected chi connectivity index (χ0v) is 8.36. The fourth-order valence-electron chi connectivity index (χ4n) is 1.10. The van der Waals surface area contributed by atoms with Crippen molar-refractivity contribution < 1.29 is 0 Å². The molecule has 0 N–H and O–H groups in total. The van der Waals surface area contributed by atoms with Crippen molar-refractivity contribution in [2.45, 2.75) is 32.1 Å². The number of allylic oxidation sites excluding steroid dienone is 3. The van der Waals surface area contributed by atoms with Crippen LogP contribution in [0.3, 0.4) is 0 Å². The molecule has 0 saturated carbocycles. The van der Waals surface area contributed by atoms with Crippen LogP contribution in [0.25, 0.3) is 0 Å². The van der Waals surface area contributed by atoms with Crippen molar-refractivity contribution in [3.8, 4) is 0 Å². The maximum atomic E-state index is 6.05. The third-order valence-corrected chi connectivity index (χ3v) is 1.54. The van der Waals surface area contributed by atoms with Gasteiger partial charge in [-0.1, -0.05) is 31.7 Å². The smallest absolute Gasteiger partial charge is 0.0396 e. The van der Waals surface area contributed by atoms with Gasteiger partial charge in [0.05, 0.1) is 0 Å². The van der Waals surface area contributed by atoms with Gasteiger partial charge in [0.2, 0.25) is 0 Å². The summed E-state index contributed by atoms with van der Waals surface area (Å²) >= 11 is 6.05. The van der Waals surface area contributed by atoms with E-state index in [4.69, 9.17) is 11.6 Å². The SMILES string of the molecule is C=C/C=C/C(C)CC(C)(C)Cl. The Labute approximate surface area is 74.9 Å². The molecule has 11 heavy (non-hydrogen) atoms. The summed E-state index contributed by atoms with van der Waals surface area (Å²) in [6.45, 7) is 9.84. The maximum Gasteiger partial charge on any atom is 0.0396 e. The number of rotatable bonds is 4. The van der Waals surface area contributed by atoms with Crippen LogP contribution in [-0.2, 0) is 0 Å². The van der Waals surface area contributed by atoms with E-state index in [0.29, 0.717) is 5.92 Å². The monoisotopic (exact) mass is 172 g/mol. The second-order valence-corrected chi connectivity index (χ2v) is 4.54. The van der Waals surface area contributed by atoms with Crippen LogP contribution in [0.5, 0.6) is 0 Å². The molecule has 0 aromatic rings. The van der Waals surface area contributed by atoms with Crippen molar-refractivity contribution in [1.29, 1.82) is 0 Å². The molecule has 0 spiro atoms. The number of alkyl halides is 1. The molecule has 0 aliphatic rings. The molecule has 0 saturated heterocycles. The molecule has 1 heteroatoms. The second kappa shape index (κ2) is 4.61. The van der Waals surface area contributed by atoms with Gasteiger partial charge in [-0.15, -0.1) is 11.6 Å². The molecule has 0 aliphatic heterocycles. The Bertz CT molecular complexity index is 139. The van der Waals surface area contributed by atoms with Gasteiger partial charge in [0.25, 0.3) is 0 Å². The first-order chi connectivity index (χ1) is 4.95. The van der Waals surface area contributed by atoms with E-state index < -0.39 is 0 Å². The van der Waals surface area contributed by atoms with Crippen LogP contribution in [0, 0.1) is 5.92 Å². The standard InChI is InChI=1S/C10H17Cl/c1-5-6-7-9(2)8-10(3,4)11/h5-7,9H,1,8H2,2-4H3/b7-6+. The minimum absolute atomic E-state index is 0.0923.